The van der Waals surface area contributed by atoms with Crippen molar-refractivity contribution >= 4 is 29.2 Å². The summed E-state index contributed by atoms with van der Waals surface area (Å²) in [6.45, 7) is 0. The van der Waals surface area contributed by atoms with Crippen molar-refractivity contribution in [2.75, 3.05) is 26.1 Å². The average molecular weight is 336 g/mol. The Bertz CT molecular complexity index is 818. The molecule has 0 N–H and O–H groups in total. The van der Waals surface area contributed by atoms with Gasteiger partial charge in [0.2, 0.25) is 0 Å². The summed E-state index contributed by atoms with van der Waals surface area (Å²) in [7, 11) is 5.76. The Morgan fingerprint density at radius 3 is 2.29 bits per heavy atom. The first-order chi connectivity index (χ1) is 11.7. The molecule has 0 amide bonds. The molecule has 3 rings (SSSR count). The van der Waals surface area contributed by atoms with Gasteiger partial charge in [0.25, 0.3) is 0 Å². The number of nitrogens with zero attached hydrogens (tertiary/aromatic N) is 2. The zero-order valence-corrected chi connectivity index (χ0v) is 14.9. The van der Waals surface area contributed by atoms with Gasteiger partial charge in [-0.1, -0.05) is 18.2 Å². The number of hydrogen-bond acceptors (Lipinski definition) is 4. The average Bonchev–Trinajstić information content (AvgIpc) is 3.09. The number of aromatic nitrogens is 1. The smallest absolute Gasteiger partial charge is 0.123 e. The maximum Gasteiger partial charge on any atom is 0.123 e. The molecule has 0 saturated carbocycles. The van der Waals surface area contributed by atoms with Crippen LogP contribution in [0.5, 0.6) is 5.75 Å². The van der Waals surface area contributed by atoms with E-state index in [1.165, 1.54) is 5.69 Å². The van der Waals surface area contributed by atoms with E-state index < -0.39 is 0 Å². The maximum absolute atomic E-state index is 5.17. The van der Waals surface area contributed by atoms with Crippen molar-refractivity contribution in [2.45, 2.75) is 0 Å². The third kappa shape index (κ3) is 3.84. The summed E-state index contributed by atoms with van der Waals surface area (Å²) < 4.78 is 5.17. The Morgan fingerprint density at radius 2 is 1.67 bits per heavy atom. The second-order valence-corrected chi connectivity index (χ2v) is 6.68. The number of benzene rings is 2. The van der Waals surface area contributed by atoms with Crippen LogP contribution in [-0.2, 0) is 0 Å². The Balaban J connectivity index is 1.73. The molecule has 0 atom stereocenters. The molecule has 4 heteroatoms. The third-order valence-electron chi connectivity index (χ3n) is 3.71. The summed E-state index contributed by atoms with van der Waals surface area (Å²) in [6, 6.07) is 16.5. The lowest BCUT2D eigenvalue weighted by Crippen LogP contribution is -2.07. The minimum absolute atomic E-state index is 0.869. The molecule has 0 aliphatic heterocycles. The highest BCUT2D eigenvalue weighted by molar-refractivity contribution is 7.15. The molecule has 1 aromatic heterocycles. The standard InChI is InChI=1S/C20H20N2OS/c1-22(2)17-9-7-16(8-10-17)20-21-14-19(24-20)13-6-15-4-11-18(23-3)12-5-15/h4-14H,1-3H3/b13-6+. The highest BCUT2D eigenvalue weighted by Crippen LogP contribution is 2.28. The van der Waals surface area contributed by atoms with Crippen molar-refractivity contribution in [2.24, 2.45) is 0 Å². The molecule has 122 valence electrons. The molecule has 0 fully saturated rings. The van der Waals surface area contributed by atoms with Crippen LogP contribution in [0.25, 0.3) is 22.7 Å². The number of rotatable bonds is 5. The van der Waals surface area contributed by atoms with Crippen LogP contribution >= 0.6 is 11.3 Å². The number of hydrogen-bond donors (Lipinski definition) is 0. The Morgan fingerprint density at radius 1 is 0.958 bits per heavy atom. The summed E-state index contributed by atoms with van der Waals surface area (Å²) in [6.07, 6.45) is 6.10. The molecule has 3 aromatic rings. The van der Waals surface area contributed by atoms with Crippen LogP contribution in [0.1, 0.15) is 10.4 Å². The van der Waals surface area contributed by atoms with E-state index in [1.54, 1.807) is 18.4 Å². The molecule has 2 aromatic carbocycles. The van der Waals surface area contributed by atoms with E-state index in [-0.39, 0.29) is 0 Å². The minimum Gasteiger partial charge on any atom is -0.497 e. The van der Waals surface area contributed by atoms with Crippen LogP contribution in [0.2, 0.25) is 0 Å². The lowest BCUT2D eigenvalue weighted by atomic mass is 10.2. The van der Waals surface area contributed by atoms with Crippen molar-refractivity contribution in [3.63, 3.8) is 0 Å². The van der Waals surface area contributed by atoms with Crippen LogP contribution < -0.4 is 9.64 Å². The SMILES string of the molecule is COc1ccc(/C=C/c2cnc(-c3ccc(N(C)C)cc3)s2)cc1. The summed E-state index contributed by atoms with van der Waals surface area (Å²) >= 11 is 1.69. The van der Waals surface area contributed by atoms with E-state index in [1.807, 2.05) is 44.6 Å². The van der Waals surface area contributed by atoms with E-state index in [2.05, 4.69) is 46.3 Å². The molecule has 0 saturated heterocycles. The lowest BCUT2D eigenvalue weighted by Gasteiger charge is -2.11. The molecular formula is C20H20N2OS. The predicted molar refractivity (Wildman–Crippen MR) is 104 cm³/mol. The van der Waals surface area contributed by atoms with Crippen molar-refractivity contribution < 1.29 is 4.74 Å². The number of anilines is 1. The minimum atomic E-state index is 0.869. The monoisotopic (exact) mass is 336 g/mol. The first-order valence-corrected chi connectivity index (χ1v) is 8.53. The Labute approximate surface area is 146 Å². The van der Waals surface area contributed by atoms with Gasteiger partial charge in [0.05, 0.1) is 7.11 Å². The fourth-order valence-electron chi connectivity index (χ4n) is 2.29. The largest absolute Gasteiger partial charge is 0.497 e. The highest BCUT2D eigenvalue weighted by Gasteiger charge is 2.04. The molecule has 3 nitrogen and oxygen atoms in total. The Kier molecular flexibility index (Phi) is 4.96. The van der Waals surface area contributed by atoms with Crippen molar-refractivity contribution in [1.29, 1.82) is 0 Å². The predicted octanol–water partition coefficient (Wildman–Crippen LogP) is 5.06. The third-order valence-corrected chi connectivity index (χ3v) is 4.72. The lowest BCUT2D eigenvalue weighted by molar-refractivity contribution is 0.415. The van der Waals surface area contributed by atoms with Crippen LogP contribution in [0.15, 0.2) is 54.7 Å². The molecular weight excluding hydrogens is 316 g/mol. The van der Waals surface area contributed by atoms with Crippen LogP contribution in [0, 0.1) is 0 Å². The first-order valence-electron chi connectivity index (χ1n) is 7.71. The van der Waals surface area contributed by atoms with E-state index in [0.717, 1.165) is 26.8 Å². The van der Waals surface area contributed by atoms with Gasteiger partial charge in [0.1, 0.15) is 10.8 Å². The fraction of sp³-hybridized carbons (Fsp3) is 0.150. The number of methoxy groups -OCH3 is 1. The molecule has 0 aliphatic carbocycles. The van der Waals surface area contributed by atoms with Crippen molar-refractivity contribution in [1.82, 2.24) is 4.98 Å². The van der Waals surface area contributed by atoms with E-state index in [4.69, 9.17) is 4.74 Å². The topological polar surface area (TPSA) is 25.4 Å². The van der Waals surface area contributed by atoms with Gasteiger partial charge in [-0.25, -0.2) is 4.98 Å². The number of thiazole rings is 1. The summed E-state index contributed by atoms with van der Waals surface area (Å²) in [5.41, 5.74) is 3.48. The number of ether oxygens (including phenoxy) is 1. The second-order valence-electron chi connectivity index (χ2n) is 5.62. The molecule has 24 heavy (non-hydrogen) atoms. The second kappa shape index (κ2) is 7.32. The van der Waals surface area contributed by atoms with E-state index in [0.29, 0.717) is 0 Å². The highest BCUT2D eigenvalue weighted by atomic mass is 32.1. The molecule has 0 bridgehead atoms. The molecule has 0 unspecified atom stereocenters. The summed E-state index contributed by atoms with van der Waals surface area (Å²) in [5, 5.41) is 1.04. The summed E-state index contributed by atoms with van der Waals surface area (Å²) in [5.74, 6) is 0.869. The van der Waals surface area contributed by atoms with Crippen molar-refractivity contribution in [3.8, 4) is 16.3 Å². The summed E-state index contributed by atoms with van der Waals surface area (Å²) in [4.78, 5) is 7.76. The van der Waals surface area contributed by atoms with Crippen molar-refractivity contribution in [3.05, 3.63) is 65.2 Å². The quantitative estimate of drug-likeness (QED) is 0.651. The zero-order valence-electron chi connectivity index (χ0n) is 14.1. The maximum atomic E-state index is 5.17. The Hall–Kier alpha value is -2.59. The molecule has 0 spiro atoms. The van der Waals surface area contributed by atoms with Crippen LogP contribution in [0.4, 0.5) is 5.69 Å². The van der Waals surface area contributed by atoms with Gasteiger partial charge < -0.3 is 9.64 Å². The van der Waals surface area contributed by atoms with Gasteiger partial charge in [-0.15, -0.1) is 11.3 Å². The zero-order chi connectivity index (χ0) is 16.9. The van der Waals surface area contributed by atoms with Gasteiger partial charge >= 0.3 is 0 Å². The van der Waals surface area contributed by atoms with Gasteiger partial charge in [-0.05, 0) is 48.0 Å². The molecule has 1 heterocycles. The normalized spacial score (nSPS) is 11.0. The van der Waals surface area contributed by atoms with Gasteiger partial charge in [-0.3, -0.25) is 0 Å². The molecule has 0 radical (unpaired) electrons. The van der Waals surface area contributed by atoms with Gasteiger partial charge in [0.15, 0.2) is 0 Å². The fourth-order valence-corrected chi connectivity index (χ4v) is 3.12. The van der Waals surface area contributed by atoms with E-state index >= 15 is 0 Å². The van der Waals surface area contributed by atoms with Crippen LogP contribution in [0.3, 0.4) is 0 Å². The van der Waals surface area contributed by atoms with Gasteiger partial charge in [-0.2, -0.15) is 0 Å². The van der Waals surface area contributed by atoms with Crippen LogP contribution in [-0.4, -0.2) is 26.2 Å². The van der Waals surface area contributed by atoms with Gasteiger partial charge in [0, 0.05) is 36.4 Å². The van der Waals surface area contributed by atoms with E-state index in [9.17, 15) is 0 Å². The molecule has 0 aliphatic rings. The first kappa shape index (κ1) is 16.3.